The zero-order valence-electron chi connectivity index (χ0n) is 9.46. The van der Waals surface area contributed by atoms with Crippen molar-refractivity contribution < 1.29 is 9.90 Å². The molecule has 2 unspecified atom stereocenters. The largest absolute Gasteiger partial charge is 0.480 e. The van der Waals surface area contributed by atoms with E-state index in [4.69, 9.17) is 0 Å². The van der Waals surface area contributed by atoms with Crippen LogP contribution in [0.3, 0.4) is 0 Å². The van der Waals surface area contributed by atoms with Gasteiger partial charge < -0.3 is 10.4 Å². The average Bonchev–Trinajstić information content (AvgIpc) is 3.01. The van der Waals surface area contributed by atoms with Crippen LogP contribution in [0.1, 0.15) is 45.4 Å². The molecule has 2 N–H and O–H groups in total. The zero-order chi connectivity index (χ0) is 10.9. The molecule has 2 rings (SSSR count). The topological polar surface area (TPSA) is 49.3 Å². The second-order valence-electron chi connectivity index (χ2n) is 5.11. The van der Waals surface area contributed by atoms with Crippen molar-refractivity contribution in [2.75, 3.05) is 6.54 Å². The third-order valence-corrected chi connectivity index (χ3v) is 4.00. The van der Waals surface area contributed by atoms with Crippen LogP contribution >= 0.6 is 0 Å². The third kappa shape index (κ3) is 2.17. The molecule has 2 fully saturated rings. The van der Waals surface area contributed by atoms with Crippen LogP contribution in [0, 0.1) is 11.8 Å². The van der Waals surface area contributed by atoms with E-state index in [0.717, 1.165) is 31.7 Å². The molecule has 2 atom stereocenters. The second-order valence-corrected chi connectivity index (χ2v) is 5.11. The van der Waals surface area contributed by atoms with Gasteiger partial charge in [0.2, 0.25) is 0 Å². The van der Waals surface area contributed by atoms with Gasteiger partial charge in [-0.1, -0.05) is 19.8 Å². The first-order valence-electron chi connectivity index (χ1n) is 6.16. The number of hydrogen-bond donors (Lipinski definition) is 2. The van der Waals surface area contributed by atoms with Gasteiger partial charge >= 0.3 is 5.97 Å². The summed E-state index contributed by atoms with van der Waals surface area (Å²) in [5.41, 5.74) is -0.611. The molecule has 86 valence electrons. The number of carboxylic acid groups (broad SMARTS) is 1. The highest BCUT2D eigenvalue weighted by Gasteiger charge is 2.45. The third-order valence-electron chi connectivity index (χ3n) is 4.00. The number of hydrogen-bond acceptors (Lipinski definition) is 2. The fourth-order valence-electron chi connectivity index (χ4n) is 3.06. The summed E-state index contributed by atoms with van der Waals surface area (Å²) in [6, 6.07) is 0. The maximum atomic E-state index is 11.4. The minimum atomic E-state index is -0.644. The van der Waals surface area contributed by atoms with Crippen LogP contribution in [0.4, 0.5) is 0 Å². The summed E-state index contributed by atoms with van der Waals surface area (Å²) in [4.78, 5) is 11.4. The Balaban J connectivity index is 2.05. The van der Waals surface area contributed by atoms with Gasteiger partial charge in [-0.3, -0.25) is 4.79 Å². The van der Waals surface area contributed by atoms with Crippen LogP contribution in [0.25, 0.3) is 0 Å². The predicted octanol–water partition coefficient (Wildman–Crippen LogP) is 2.02. The summed E-state index contributed by atoms with van der Waals surface area (Å²) in [5.74, 6) is 0.853. The van der Waals surface area contributed by atoms with Gasteiger partial charge in [0.05, 0.1) is 0 Å². The molecule has 0 amide bonds. The van der Waals surface area contributed by atoms with Crippen LogP contribution in [-0.4, -0.2) is 23.2 Å². The highest BCUT2D eigenvalue weighted by atomic mass is 16.4. The van der Waals surface area contributed by atoms with Gasteiger partial charge in [0.1, 0.15) is 5.54 Å². The Kier molecular flexibility index (Phi) is 3.01. The quantitative estimate of drug-likeness (QED) is 0.748. The van der Waals surface area contributed by atoms with E-state index in [1.54, 1.807) is 0 Å². The fraction of sp³-hybridized carbons (Fsp3) is 0.917. The van der Waals surface area contributed by atoms with Crippen molar-refractivity contribution in [3.05, 3.63) is 0 Å². The minimum Gasteiger partial charge on any atom is -0.480 e. The molecule has 0 aromatic rings. The van der Waals surface area contributed by atoms with E-state index < -0.39 is 11.5 Å². The number of rotatable bonds is 4. The highest BCUT2D eigenvalue weighted by molar-refractivity contribution is 5.79. The maximum Gasteiger partial charge on any atom is 0.323 e. The Hall–Kier alpha value is -0.570. The number of carboxylic acids is 1. The molecule has 0 aromatic carbocycles. The lowest BCUT2D eigenvalue weighted by Gasteiger charge is -2.38. The van der Waals surface area contributed by atoms with Crippen molar-refractivity contribution in [3.63, 3.8) is 0 Å². The van der Waals surface area contributed by atoms with E-state index in [1.165, 1.54) is 19.3 Å². The van der Waals surface area contributed by atoms with E-state index in [2.05, 4.69) is 5.32 Å². The number of nitrogens with one attached hydrogen (secondary N) is 1. The van der Waals surface area contributed by atoms with Gasteiger partial charge in [0.15, 0.2) is 0 Å². The van der Waals surface area contributed by atoms with Gasteiger partial charge in [0, 0.05) is 0 Å². The smallest absolute Gasteiger partial charge is 0.323 e. The SMILES string of the molecule is CCNC1(C(=O)O)CCCC(C2CC2)C1. The monoisotopic (exact) mass is 211 g/mol. The molecular formula is C12H21NO2. The molecule has 2 saturated carbocycles. The van der Waals surface area contributed by atoms with Crippen LogP contribution < -0.4 is 5.32 Å². The highest BCUT2D eigenvalue weighted by Crippen LogP contribution is 2.46. The molecule has 0 bridgehead atoms. The lowest BCUT2D eigenvalue weighted by Crippen LogP contribution is -2.55. The Bertz CT molecular complexity index is 246. The Morgan fingerprint density at radius 2 is 2.13 bits per heavy atom. The first kappa shape index (κ1) is 10.9. The molecule has 3 heteroatoms. The summed E-state index contributed by atoms with van der Waals surface area (Å²) < 4.78 is 0. The van der Waals surface area contributed by atoms with E-state index in [0.29, 0.717) is 5.92 Å². The van der Waals surface area contributed by atoms with Crippen LogP contribution in [0.15, 0.2) is 0 Å². The lowest BCUT2D eigenvalue weighted by atomic mass is 9.73. The zero-order valence-corrected chi connectivity index (χ0v) is 9.46. The summed E-state index contributed by atoms with van der Waals surface area (Å²) in [6.45, 7) is 2.75. The molecule has 0 spiro atoms. The first-order chi connectivity index (χ1) is 7.18. The summed E-state index contributed by atoms with van der Waals surface area (Å²) in [6.07, 6.45) is 6.62. The standard InChI is InChI=1S/C12H21NO2/c1-2-13-12(11(14)15)7-3-4-10(8-12)9-5-6-9/h9-10,13H,2-8H2,1H3,(H,14,15). The molecule has 0 aliphatic heterocycles. The molecule has 2 aliphatic carbocycles. The number of aliphatic carboxylic acids is 1. The predicted molar refractivity (Wildman–Crippen MR) is 58.7 cm³/mol. The van der Waals surface area contributed by atoms with Crippen LogP contribution in [0.5, 0.6) is 0 Å². The molecule has 3 nitrogen and oxygen atoms in total. The summed E-state index contributed by atoms with van der Waals surface area (Å²) in [5, 5.41) is 12.6. The van der Waals surface area contributed by atoms with Gasteiger partial charge in [-0.15, -0.1) is 0 Å². The summed E-state index contributed by atoms with van der Waals surface area (Å²) in [7, 11) is 0. The molecule has 0 aromatic heterocycles. The van der Waals surface area contributed by atoms with Crippen molar-refractivity contribution in [2.24, 2.45) is 11.8 Å². The molecule has 0 heterocycles. The Morgan fingerprint density at radius 1 is 1.40 bits per heavy atom. The average molecular weight is 211 g/mol. The summed E-state index contributed by atoms with van der Waals surface area (Å²) >= 11 is 0. The Labute approximate surface area is 91.2 Å². The minimum absolute atomic E-state index is 0.611. The molecule has 0 saturated heterocycles. The van der Waals surface area contributed by atoms with Crippen LogP contribution in [0.2, 0.25) is 0 Å². The van der Waals surface area contributed by atoms with Crippen molar-refractivity contribution >= 4 is 5.97 Å². The maximum absolute atomic E-state index is 11.4. The van der Waals surface area contributed by atoms with Crippen molar-refractivity contribution in [3.8, 4) is 0 Å². The second kappa shape index (κ2) is 4.12. The van der Waals surface area contributed by atoms with Gasteiger partial charge in [-0.2, -0.15) is 0 Å². The Morgan fingerprint density at radius 3 is 2.67 bits per heavy atom. The van der Waals surface area contributed by atoms with Crippen molar-refractivity contribution in [2.45, 2.75) is 51.0 Å². The van der Waals surface area contributed by atoms with E-state index in [-0.39, 0.29) is 0 Å². The van der Waals surface area contributed by atoms with E-state index in [1.807, 2.05) is 6.92 Å². The van der Waals surface area contributed by atoms with Gasteiger partial charge in [-0.05, 0) is 44.1 Å². The normalized spacial score (nSPS) is 36.5. The number of carbonyl (C=O) groups is 1. The van der Waals surface area contributed by atoms with Crippen LogP contribution in [-0.2, 0) is 4.79 Å². The van der Waals surface area contributed by atoms with Crippen molar-refractivity contribution in [1.29, 1.82) is 0 Å². The molecule has 2 aliphatic rings. The number of likely N-dealkylation sites (N-methyl/N-ethyl adjacent to an activating group) is 1. The molecule has 0 radical (unpaired) electrons. The fourth-order valence-corrected chi connectivity index (χ4v) is 3.06. The van der Waals surface area contributed by atoms with Gasteiger partial charge in [0.25, 0.3) is 0 Å². The molecule has 15 heavy (non-hydrogen) atoms. The lowest BCUT2D eigenvalue weighted by molar-refractivity contribution is -0.147. The van der Waals surface area contributed by atoms with Crippen molar-refractivity contribution in [1.82, 2.24) is 5.32 Å². The first-order valence-corrected chi connectivity index (χ1v) is 6.16. The van der Waals surface area contributed by atoms with E-state index in [9.17, 15) is 9.90 Å². The van der Waals surface area contributed by atoms with E-state index >= 15 is 0 Å². The molecular weight excluding hydrogens is 190 g/mol. The van der Waals surface area contributed by atoms with Gasteiger partial charge in [-0.25, -0.2) is 0 Å².